The molecule has 100 valence electrons. The standard InChI is InChI=1S/C16H15N3O/c1-3-12(14-6-4-5-9-17-14)11-7-8-13-15(10-11)18-19-16(13)20-2/h3-10H,1-2H3,(H,18,19)/b12-3-. The SMILES string of the molecule is C/C=C(/c1ccc2c(OC)n[nH]c2c1)c1ccccn1. The van der Waals surface area contributed by atoms with Crippen LogP contribution in [-0.2, 0) is 0 Å². The molecular weight excluding hydrogens is 250 g/mol. The molecule has 20 heavy (non-hydrogen) atoms. The van der Waals surface area contributed by atoms with Gasteiger partial charge in [-0.15, -0.1) is 5.10 Å². The maximum atomic E-state index is 5.21. The van der Waals surface area contributed by atoms with E-state index < -0.39 is 0 Å². The summed E-state index contributed by atoms with van der Waals surface area (Å²) < 4.78 is 5.21. The number of aromatic amines is 1. The van der Waals surface area contributed by atoms with Gasteiger partial charge < -0.3 is 4.74 Å². The molecule has 0 amide bonds. The third-order valence-corrected chi connectivity index (χ3v) is 3.26. The lowest BCUT2D eigenvalue weighted by Gasteiger charge is -2.06. The van der Waals surface area contributed by atoms with E-state index >= 15 is 0 Å². The molecule has 0 aliphatic heterocycles. The van der Waals surface area contributed by atoms with Crippen molar-refractivity contribution in [1.82, 2.24) is 15.2 Å². The van der Waals surface area contributed by atoms with E-state index in [-0.39, 0.29) is 0 Å². The first-order valence-corrected chi connectivity index (χ1v) is 6.43. The van der Waals surface area contributed by atoms with Crippen LogP contribution in [0.25, 0.3) is 16.5 Å². The summed E-state index contributed by atoms with van der Waals surface area (Å²) in [5.74, 6) is 0.617. The zero-order chi connectivity index (χ0) is 13.9. The van der Waals surface area contributed by atoms with Gasteiger partial charge in [-0.05, 0) is 36.8 Å². The van der Waals surface area contributed by atoms with Crippen molar-refractivity contribution in [3.63, 3.8) is 0 Å². The highest BCUT2D eigenvalue weighted by Crippen LogP contribution is 2.28. The largest absolute Gasteiger partial charge is 0.480 e. The summed E-state index contributed by atoms with van der Waals surface area (Å²) in [6.45, 7) is 2.02. The zero-order valence-electron chi connectivity index (χ0n) is 11.4. The first kappa shape index (κ1) is 12.4. The lowest BCUT2D eigenvalue weighted by Crippen LogP contribution is -1.90. The summed E-state index contributed by atoms with van der Waals surface area (Å²) in [6, 6.07) is 12.1. The first-order chi connectivity index (χ1) is 9.83. The highest BCUT2D eigenvalue weighted by molar-refractivity contribution is 5.89. The quantitative estimate of drug-likeness (QED) is 0.789. The van der Waals surface area contributed by atoms with Gasteiger partial charge in [-0.2, -0.15) is 0 Å². The number of allylic oxidation sites excluding steroid dienone is 1. The summed E-state index contributed by atoms with van der Waals surface area (Å²) >= 11 is 0. The Balaban J connectivity index is 2.09. The fourth-order valence-corrected chi connectivity index (χ4v) is 2.30. The van der Waals surface area contributed by atoms with Gasteiger partial charge in [0.15, 0.2) is 0 Å². The van der Waals surface area contributed by atoms with E-state index in [2.05, 4.69) is 33.4 Å². The smallest absolute Gasteiger partial charge is 0.240 e. The van der Waals surface area contributed by atoms with Gasteiger partial charge in [0.05, 0.1) is 23.7 Å². The Hall–Kier alpha value is -2.62. The van der Waals surface area contributed by atoms with E-state index in [1.807, 2.05) is 31.2 Å². The van der Waals surface area contributed by atoms with Crippen molar-refractivity contribution in [3.8, 4) is 5.88 Å². The van der Waals surface area contributed by atoms with Crippen molar-refractivity contribution in [1.29, 1.82) is 0 Å². The maximum Gasteiger partial charge on any atom is 0.240 e. The average molecular weight is 265 g/mol. The third kappa shape index (κ3) is 2.05. The zero-order valence-corrected chi connectivity index (χ0v) is 11.4. The molecule has 0 unspecified atom stereocenters. The Kier molecular flexibility index (Phi) is 3.21. The molecule has 3 aromatic rings. The van der Waals surface area contributed by atoms with Crippen LogP contribution < -0.4 is 4.74 Å². The Morgan fingerprint density at radius 2 is 2.15 bits per heavy atom. The van der Waals surface area contributed by atoms with Crippen LogP contribution >= 0.6 is 0 Å². The van der Waals surface area contributed by atoms with Crippen molar-refractivity contribution in [3.05, 3.63) is 59.9 Å². The number of hydrogen-bond acceptors (Lipinski definition) is 3. The van der Waals surface area contributed by atoms with E-state index in [0.29, 0.717) is 5.88 Å². The van der Waals surface area contributed by atoms with Gasteiger partial charge in [0.2, 0.25) is 5.88 Å². The van der Waals surface area contributed by atoms with Crippen LogP contribution in [0.15, 0.2) is 48.7 Å². The molecule has 2 heterocycles. The van der Waals surface area contributed by atoms with E-state index in [0.717, 1.165) is 27.7 Å². The van der Waals surface area contributed by atoms with E-state index in [1.165, 1.54) is 0 Å². The Bertz CT molecular complexity index is 760. The third-order valence-electron chi connectivity index (χ3n) is 3.26. The Morgan fingerprint density at radius 3 is 2.85 bits per heavy atom. The predicted octanol–water partition coefficient (Wildman–Crippen LogP) is 3.42. The molecule has 0 saturated carbocycles. The van der Waals surface area contributed by atoms with Gasteiger partial charge in [0.1, 0.15) is 0 Å². The highest BCUT2D eigenvalue weighted by atomic mass is 16.5. The molecule has 1 aromatic carbocycles. The molecule has 2 aromatic heterocycles. The average Bonchev–Trinajstić information content (AvgIpc) is 2.91. The second-order valence-electron chi connectivity index (χ2n) is 4.41. The van der Waals surface area contributed by atoms with Gasteiger partial charge in [0, 0.05) is 11.8 Å². The minimum Gasteiger partial charge on any atom is -0.480 e. The van der Waals surface area contributed by atoms with Crippen LogP contribution in [-0.4, -0.2) is 22.3 Å². The normalized spacial score (nSPS) is 11.8. The van der Waals surface area contributed by atoms with Crippen LogP contribution in [0.2, 0.25) is 0 Å². The topological polar surface area (TPSA) is 50.8 Å². The van der Waals surface area contributed by atoms with Crippen LogP contribution in [0, 0.1) is 0 Å². The maximum absolute atomic E-state index is 5.21. The van der Waals surface area contributed by atoms with Gasteiger partial charge in [-0.25, -0.2) is 0 Å². The predicted molar refractivity (Wildman–Crippen MR) is 79.6 cm³/mol. The number of pyridine rings is 1. The van der Waals surface area contributed by atoms with Crippen molar-refractivity contribution < 1.29 is 4.74 Å². The summed E-state index contributed by atoms with van der Waals surface area (Å²) in [5, 5.41) is 8.10. The molecule has 4 heteroatoms. The van der Waals surface area contributed by atoms with Crippen molar-refractivity contribution in [2.24, 2.45) is 0 Å². The van der Waals surface area contributed by atoms with Gasteiger partial charge in [-0.1, -0.05) is 18.2 Å². The number of fused-ring (bicyclic) bond motifs is 1. The molecule has 0 fully saturated rings. The first-order valence-electron chi connectivity index (χ1n) is 6.43. The molecule has 0 radical (unpaired) electrons. The van der Waals surface area contributed by atoms with E-state index in [4.69, 9.17) is 4.74 Å². The molecule has 0 aliphatic carbocycles. The molecular formula is C16H15N3O. The summed E-state index contributed by atoms with van der Waals surface area (Å²) in [7, 11) is 1.62. The van der Waals surface area contributed by atoms with Crippen LogP contribution in [0.1, 0.15) is 18.2 Å². The molecule has 0 saturated heterocycles. The Labute approximate surface area is 117 Å². The fourth-order valence-electron chi connectivity index (χ4n) is 2.30. The van der Waals surface area contributed by atoms with Crippen molar-refractivity contribution in [2.75, 3.05) is 7.11 Å². The number of aromatic nitrogens is 3. The fraction of sp³-hybridized carbons (Fsp3) is 0.125. The minimum absolute atomic E-state index is 0.617. The molecule has 4 nitrogen and oxygen atoms in total. The van der Waals surface area contributed by atoms with Crippen molar-refractivity contribution >= 4 is 16.5 Å². The summed E-state index contributed by atoms with van der Waals surface area (Å²) in [5.41, 5.74) is 4.11. The van der Waals surface area contributed by atoms with Crippen molar-refractivity contribution in [2.45, 2.75) is 6.92 Å². The van der Waals surface area contributed by atoms with Crippen LogP contribution in [0.4, 0.5) is 0 Å². The van der Waals surface area contributed by atoms with E-state index in [1.54, 1.807) is 13.3 Å². The highest BCUT2D eigenvalue weighted by Gasteiger charge is 2.09. The number of methoxy groups -OCH3 is 1. The lowest BCUT2D eigenvalue weighted by atomic mass is 10.0. The number of nitrogens with zero attached hydrogens (tertiary/aromatic N) is 2. The number of benzene rings is 1. The van der Waals surface area contributed by atoms with Gasteiger partial charge >= 0.3 is 0 Å². The number of H-pyrrole nitrogens is 1. The Morgan fingerprint density at radius 1 is 1.25 bits per heavy atom. The lowest BCUT2D eigenvalue weighted by molar-refractivity contribution is 0.401. The van der Waals surface area contributed by atoms with Gasteiger partial charge in [-0.3, -0.25) is 10.1 Å². The second kappa shape index (κ2) is 5.17. The second-order valence-corrected chi connectivity index (χ2v) is 4.41. The van der Waals surface area contributed by atoms with Gasteiger partial charge in [0.25, 0.3) is 0 Å². The monoisotopic (exact) mass is 265 g/mol. The van der Waals surface area contributed by atoms with Crippen LogP contribution in [0.5, 0.6) is 5.88 Å². The molecule has 0 atom stereocenters. The van der Waals surface area contributed by atoms with Crippen LogP contribution in [0.3, 0.4) is 0 Å². The molecule has 0 spiro atoms. The minimum atomic E-state index is 0.617. The summed E-state index contributed by atoms with van der Waals surface area (Å²) in [4.78, 5) is 4.41. The molecule has 1 N–H and O–H groups in total. The summed E-state index contributed by atoms with van der Waals surface area (Å²) in [6.07, 6.45) is 3.87. The molecule has 0 aliphatic rings. The molecule has 3 rings (SSSR count). The number of nitrogens with one attached hydrogen (secondary N) is 1. The number of hydrogen-bond donors (Lipinski definition) is 1. The van der Waals surface area contributed by atoms with E-state index in [9.17, 15) is 0 Å². The number of rotatable bonds is 3. The molecule has 0 bridgehead atoms. The number of ether oxygens (including phenoxy) is 1.